The molecule has 8 heteroatoms. The molecule has 0 fully saturated rings. The molecule has 0 saturated heterocycles. The van der Waals surface area contributed by atoms with E-state index in [4.69, 9.17) is 11.6 Å². The van der Waals surface area contributed by atoms with Crippen LogP contribution in [0, 0.1) is 6.92 Å². The lowest BCUT2D eigenvalue weighted by Gasteiger charge is -2.18. The van der Waals surface area contributed by atoms with Crippen molar-refractivity contribution in [3.63, 3.8) is 0 Å². The molecule has 1 atom stereocenters. The lowest BCUT2D eigenvalue weighted by molar-refractivity contribution is 0.511. The average Bonchev–Trinajstić information content (AvgIpc) is 3.23. The van der Waals surface area contributed by atoms with E-state index in [2.05, 4.69) is 9.82 Å². The van der Waals surface area contributed by atoms with Crippen molar-refractivity contribution in [1.82, 2.24) is 14.5 Å². The molecule has 0 saturated carbocycles. The zero-order chi connectivity index (χ0) is 17.2. The Morgan fingerprint density at radius 3 is 2.83 bits per heavy atom. The molecule has 5 nitrogen and oxygen atoms in total. The molecule has 3 aromatic rings. The third-order valence-electron chi connectivity index (χ3n) is 3.62. The fourth-order valence-electron chi connectivity index (χ4n) is 2.40. The predicted octanol–water partition coefficient (Wildman–Crippen LogP) is 3.47. The predicted molar refractivity (Wildman–Crippen MR) is 96.1 cm³/mol. The Morgan fingerprint density at radius 2 is 2.17 bits per heavy atom. The fourth-order valence-corrected chi connectivity index (χ4v) is 4.76. The first-order chi connectivity index (χ1) is 11.5. The van der Waals surface area contributed by atoms with Crippen LogP contribution in [0.15, 0.2) is 59.1 Å². The van der Waals surface area contributed by atoms with E-state index in [-0.39, 0.29) is 17.5 Å². The van der Waals surface area contributed by atoms with Gasteiger partial charge in [0.05, 0.1) is 10.9 Å². The number of benzene rings is 1. The zero-order valence-electron chi connectivity index (χ0n) is 12.9. The van der Waals surface area contributed by atoms with Gasteiger partial charge in [-0.05, 0) is 42.1 Å². The van der Waals surface area contributed by atoms with E-state index in [1.54, 1.807) is 41.3 Å². The molecule has 2 aromatic heterocycles. The van der Waals surface area contributed by atoms with Crippen molar-refractivity contribution in [1.29, 1.82) is 0 Å². The van der Waals surface area contributed by atoms with Gasteiger partial charge in [-0.15, -0.1) is 11.3 Å². The van der Waals surface area contributed by atoms with E-state index < -0.39 is 10.0 Å². The Hall–Kier alpha value is -1.67. The van der Waals surface area contributed by atoms with Crippen LogP contribution in [0.5, 0.6) is 0 Å². The van der Waals surface area contributed by atoms with Gasteiger partial charge in [-0.25, -0.2) is 13.1 Å². The van der Waals surface area contributed by atoms with Gasteiger partial charge >= 0.3 is 0 Å². The van der Waals surface area contributed by atoms with Crippen LogP contribution in [-0.4, -0.2) is 24.7 Å². The first-order valence-electron chi connectivity index (χ1n) is 7.26. The van der Waals surface area contributed by atoms with Crippen molar-refractivity contribution in [2.24, 2.45) is 0 Å². The van der Waals surface area contributed by atoms with Crippen LogP contribution in [0.3, 0.4) is 0 Å². The van der Waals surface area contributed by atoms with Gasteiger partial charge in [0, 0.05) is 28.8 Å². The highest BCUT2D eigenvalue weighted by Gasteiger charge is 2.22. The Labute approximate surface area is 150 Å². The normalized spacial score (nSPS) is 13.1. The van der Waals surface area contributed by atoms with Gasteiger partial charge in [0.1, 0.15) is 0 Å². The smallest absolute Gasteiger partial charge is 0.240 e. The third kappa shape index (κ3) is 3.70. The SMILES string of the molecule is Cc1ccc(Cl)cc1S(=O)(=O)NCC(c1cccs1)n1cccn1. The molecule has 0 aliphatic rings. The minimum Gasteiger partial charge on any atom is -0.263 e. The van der Waals surface area contributed by atoms with Crippen LogP contribution in [0.2, 0.25) is 5.02 Å². The second kappa shape index (κ2) is 7.06. The van der Waals surface area contributed by atoms with Gasteiger partial charge < -0.3 is 0 Å². The molecule has 0 radical (unpaired) electrons. The number of hydrogen-bond acceptors (Lipinski definition) is 4. The van der Waals surface area contributed by atoms with E-state index in [0.717, 1.165) is 4.88 Å². The number of nitrogens with zero attached hydrogens (tertiary/aromatic N) is 2. The minimum absolute atomic E-state index is 0.195. The van der Waals surface area contributed by atoms with Crippen molar-refractivity contribution in [3.05, 3.63) is 69.6 Å². The molecule has 1 aromatic carbocycles. The summed E-state index contributed by atoms with van der Waals surface area (Å²) in [6.07, 6.45) is 3.50. The van der Waals surface area contributed by atoms with Crippen molar-refractivity contribution in [3.8, 4) is 0 Å². The maximum Gasteiger partial charge on any atom is 0.240 e. The molecule has 1 N–H and O–H groups in total. The first-order valence-corrected chi connectivity index (χ1v) is 10.00. The number of aryl methyl sites for hydroxylation is 1. The number of aromatic nitrogens is 2. The van der Waals surface area contributed by atoms with Crippen LogP contribution in [0.1, 0.15) is 16.5 Å². The largest absolute Gasteiger partial charge is 0.263 e. The average molecular weight is 382 g/mol. The minimum atomic E-state index is -3.66. The standard InChI is InChI=1S/C16H16ClN3O2S2/c1-12-5-6-13(17)10-16(12)24(21,22)19-11-14(15-4-2-9-23-15)20-8-3-7-18-20/h2-10,14,19H,11H2,1H3. The molecule has 0 spiro atoms. The van der Waals surface area contributed by atoms with Gasteiger partial charge in [-0.1, -0.05) is 23.7 Å². The van der Waals surface area contributed by atoms with Gasteiger partial charge in [0.2, 0.25) is 10.0 Å². The van der Waals surface area contributed by atoms with Crippen molar-refractivity contribution >= 4 is 33.0 Å². The van der Waals surface area contributed by atoms with Crippen molar-refractivity contribution in [2.75, 3.05) is 6.54 Å². The monoisotopic (exact) mass is 381 g/mol. The Morgan fingerprint density at radius 1 is 1.33 bits per heavy atom. The maximum absolute atomic E-state index is 12.7. The molecule has 1 unspecified atom stereocenters. The zero-order valence-corrected chi connectivity index (χ0v) is 15.3. The summed E-state index contributed by atoms with van der Waals surface area (Å²) in [4.78, 5) is 1.23. The molecule has 24 heavy (non-hydrogen) atoms. The number of rotatable bonds is 6. The fraction of sp³-hybridized carbons (Fsp3) is 0.188. The molecule has 2 heterocycles. The summed E-state index contributed by atoms with van der Waals surface area (Å²) in [5, 5.41) is 6.60. The highest BCUT2D eigenvalue weighted by atomic mass is 35.5. The number of sulfonamides is 1. The maximum atomic E-state index is 12.7. The van der Waals surface area contributed by atoms with E-state index in [0.29, 0.717) is 10.6 Å². The van der Waals surface area contributed by atoms with Gasteiger partial charge in [0.25, 0.3) is 0 Å². The van der Waals surface area contributed by atoms with Gasteiger partial charge in [0.15, 0.2) is 0 Å². The molecule has 0 aliphatic carbocycles. The summed E-state index contributed by atoms with van der Waals surface area (Å²) in [6, 6.07) is 10.4. The summed E-state index contributed by atoms with van der Waals surface area (Å²) in [5.74, 6) is 0. The topological polar surface area (TPSA) is 64.0 Å². The highest BCUT2D eigenvalue weighted by Crippen LogP contribution is 2.24. The van der Waals surface area contributed by atoms with E-state index in [1.165, 1.54) is 6.07 Å². The number of halogens is 1. The van der Waals surface area contributed by atoms with Gasteiger partial charge in [-0.2, -0.15) is 5.10 Å². The Bertz CT molecular complexity index is 873. The number of hydrogen-bond donors (Lipinski definition) is 1. The van der Waals surface area contributed by atoms with Crippen LogP contribution in [-0.2, 0) is 10.0 Å². The summed E-state index contributed by atoms with van der Waals surface area (Å²) in [5.41, 5.74) is 0.652. The van der Waals surface area contributed by atoms with Crippen LogP contribution in [0.25, 0.3) is 0 Å². The highest BCUT2D eigenvalue weighted by molar-refractivity contribution is 7.89. The molecule has 0 aliphatic heterocycles. The first kappa shape index (κ1) is 17.2. The molecule has 0 amide bonds. The summed E-state index contributed by atoms with van der Waals surface area (Å²) < 4.78 is 29.7. The number of thiophene rings is 1. The van der Waals surface area contributed by atoms with E-state index in [9.17, 15) is 8.42 Å². The summed E-state index contributed by atoms with van der Waals surface area (Å²) >= 11 is 7.51. The second-order valence-corrected chi connectivity index (χ2v) is 8.43. The Balaban J connectivity index is 1.85. The molecule has 3 rings (SSSR count). The summed E-state index contributed by atoms with van der Waals surface area (Å²) in [7, 11) is -3.66. The molecular formula is C16H16ClN3O2S2. The lowest BCUT2D eigenvalue weighted by Crippen LogP contribution is -2.31. The third-order valence-corrected chi connectivity index (χ3v) is 6.40. The number of nitrogens with one attached hydrogen (secondary N) is 1. The van der Waals surface area contributed by atoms with Crippen LogP contribution in [0.4, 0.5) is 0 Å². The van der Waals surface area contributed by atoms with Crippen LogP contribution >= 0.6 is 22.9 Å². The van der Waals surface area contributed by atoms with E-state index in [1.807, 2.05) is 29.8 Å². The second-order valence-electron chi connectivity index (χ2n) is 5.28. The van der Waals surface area contributed by atoms with Crippen molar-refractivity contribution < 1.29 is 8.42 Å². The van der Waals surface area contributed by atoms with Gasteiger partial charge in [-0.3, -0.25) is 4.68 Å². The van der Waals surface area contributed by atoms with Crippen molar-refractivity contribution in [2.45, 2.75) is 17.9 Å². The Kier molecular flexibility index (Phi) is 5.05. The lowest BCUT2D eigenvalue weighted by atomic mass is 10.2. The molecular weight excluding hydrogens is 366 g/mol. The quantitative estimate of drug-likeness (QED) is 0.711. The van der Waals surface area contributed by atoms with Crippen LogP contribution < -0.4 is 4.72 Å². The summed E-state index contributed by atoms with van der Waals surface area (Å²) in [6.45, 7) is 1.95. The molecule has 126 valence electrons. The molecule has 0 bridgehead atoms. The van der Waals surface area contributed by atoms with E-state index >= 15 is 0 Å².